The molecule has 4 nitrogen and oxygen atoms in total. The van der Waals surface area contributed by atoms with Gasteiger partial charge in [0, 0.05) is 30.5 Å². The van der Waals surface area contributed by atoms with Crippen molar-refractivity contribution in [2.75, 3.05) is 19.0 Å². The van der Waals surface area contributed by atoms with E-state index in [4.69, 9.17) is 9.72 Å². The summed E-state index contributed by atoms with van der Waals surface area (Å²) in [6.07, 6.45) is 1.36. The molecule has 2 heterocycles. The first-order valence-corrected chi connectivity index (χ1v) is 8.05. The molecule has 2 atom stereocenters. The van der Waals surface area contributed by atoms with E-state index in [-0.39, 0.29) is 6.10 Å². The van der Waals surface area contributed by atoms with Crippen LogP contribution in [0.15, 0.2) is 41.4 Å². The van der Waals surface area contributed by atoms with Gasteiger partial charge in [-0.2, -0.15) is 0 Å². The second-order valence-electron chi connectivity index (χ2n) is 5.05. The van der Waals surface area contributed by atoms with Crippen LogP contribution in [0.2, 0.25) is 0 Å². The standard InChI is InChI=1S/C16H19N3OS/c1-11-13(8-9-20-11)21-15-10-14(17-2)18-16(19-15)12-6-4-3-5-7-12/h3-7,10-11,13H,8-9H2,1-2H3,(H,17,18,19). The van der Waals surface area contributed by atoms with E-state index < -0.39 is 0 Å². The van der Waals surface area contributed by atoms with Gasteiger partial charge in [-0.25, -0.2) is 9.97 Å². The predicted octanol–water partition coefficient (Wildman–Crippen LogP) is 3.45. The minimum absolute atomic E-state index is 0.281. The number of nitrogens with one attached hydrogen (secondary N) is 1. The number of rotatable bonds is 4. The van der Waals surface area contributed by atoms with Gasteiger partial charge >= 0.3 is 0 Å². The van der Waals surface area contributed by atoms with Crippen LogP contribution in [0, 0.1) is 0 Å². The quantitative estimate of drug-likeness (QED) is 0.876. The van der Waals surface area contributed by atoms with E-state index in [2.05, 4.69) is 17.2 Å². The highest BCUT2D eigenvalue weighted by molar-refractivity contribution is 7.99. The summed E-state index contributed by atoms with van der Waals surface area (Å²) in [5, 5.41) is 4.58. The van der Waals surface area contributed by atoms with Crippen molar-refractivity contribution < 1.29 is 4.74 Å². The maximum absolute atomic E-state index is 5.63. The van der Waals surface area contributed by atoms with Crippen LogP contribution in [0.4, 0.5) is 5.82 Å². The summed E-state index contributed by atoms with van der Waals surface area (Å²) in [5.74, 6) is 1.61. The number of ether oxygens (including phenoxy) is 1. The Labute approximate surface area is 129 Å². The van der Waals surface area contributed by atoms with Crippen molar-refractivity contribution in [3.8, 4) is 11.4 Å². The number of benzene rings is 1. The van der Waals surface area contributed by atoms with Crippen molar-refractivity contribution in [2.45, 2.75) is 29.7 Å². The summed E-state index contributed by atoms with van der Waals surface area (Å²) < 4.78 is 5.63. The molecule has 2 unspecified atom stereocenters. The van der Waals surface area contributed by atoms with Crippen molar-refractivity contribution in [3.63, 3.8) is 0 Å². The first kappa shape index (κ1) is 14.4. The average Bonchev–Trinajstić information content (AvgIpc) is 2.93. The molecule has 1 aromatic carbocycles. The fourth-order valence-corrected chi connectivity index (χ4v) is 3.47. The van der Waals surface area contributed by atoms with Gasteiger partial charge < -0.3 is 10.1 Å². The van der Waals surface area contributed by atoms with Gasteiger partial charge in [-0.1, -0.05) is 30.3 Å². The molecule has 0 bridgehead atoms. The van der Waals surface area contributed by atoms with Crippen LogP contribution in [0.3, 0.4) is 0 Å². The van der Waals surface area contributed by atoms with E-state index >= 15 is 0 Å². The molecule has 0 aliphatic carbocycles. The molecule has 1 saturated heterocycles. The SMILES string of the molecule is CNc1cc(SC2CCOC2C)nc(-c2ccccc2)n1. The van der Waals surface area contributed by atoms with Crippen molar-refractivity contribution in [1.82, 2.24) is 9.97 Å². The van der Waals surface area contributed by atoms with Gasteiger partial charge in [0.25, 0.3) is 0 Å². The minimum Gasteiger partial charge on any atom is -0.377 e. The molecule has 1 aliphatic rings. The molecule has 3 rings (SSSR count). The molecule has 2 aromatic rings. The lowest BCUT2D eigenvalue weighted by Gasteiger charge is -2.14. The van der Waals surface area contributed by atoms with Crippen molar-refractivity contribution in [3.05, 3.63) is 36.4 Å². The predicted molar refractivity (Wildman–Crippen MR) is 86.7 cm³/mol. The van der Waals surface area contributed by atoms with Crippen LogP contribution in [-0.2, 0) is 4.74 Å². The molecule has 0 radical (unpaired) electrons. The maximum Gasteiger partial charge on any atom is 0.162 e. The topological polar surface area (TPSA) is 47.0 Å². The van der Waals surface area contributed by atoms with Crippen LogP contribution >= 0.6 is 11.8 Å². The normalized spacial score (nSPS) is 21.4. The van der Waals surface area contributed by atoms with Gasteiger partial charge in [-0.15, -0.1) is 11.8 Å². The van der Waals surface area contributed by atoms with Gasteiger partial charge in [0.2, 0.25) is 0 Å². The molecule has 0 amide bonds. The summed E-state index contributed by atoms with van der Waals surface area (Å²) in [6, 6.07) is 12.1. The molecule has 5 heteroatoms. The third kappa shape index (κ3) is 3.36. The van der Waals surface area contributed by atoms with E-state index in [0.717, 1.165) is 35.3 Å². The Hall–Kier alpha value is -1.59. The van der Waals surface area contributed by atoms with Gasteiger partial charge in [0.15, 0.2) is 5.82 Å². The Morgan fingerprint density at radius 2 is 2.05 bits per heavy atom. The number of hydrogen-bond acceptors (Lipinski definition) is 5. The Bertz CT molecular complexity index is 606. The average molecular weight is 301 g/mol. The first-order chi connectivity index (χ1) is 10.3. The van der Waals surface area contributed by atoms with Gasteiger partial charge in [-0.05, 0) is 13.3 Å². The highest BCUT2D eigenvalue weighted by Crippen LogP contribution is 2.33. The minimum atomic E-state index is 0.281. The lowest BCUT2D eigenvalue weighted by molar-refractivity contribution is 0.127. The Morgan fingerprint density at radius 3 is 2.71 bits per heavy atom. The molecule has 0 saturated carbocycles. The third-order valence-corrected chi connectivity index (χ3v) is 4.94. The summed E-state index contributed by atoms with van der Waals surface area (Å²) in [5.41, 5.74) is 1.03. The molecular weight excluding hydrogens is 282 g/mol. The Morgan fingerprint density at radius 1 is 1.24 bits per heavy atom. The summed E-state index contributed by atoms with van der Waals surface area (Å²) in [6.45, 7) is 2.97. The smallest absolute Gasteiger partial charge is 0.162 e. The maximum atomic E-state index is 5.63. The lowest BCUT2D eigenvalue weighted by atomic mass is 10.2. The number of anilines is 1. The fourth-order valence-electron chi connectivity index (χ4n) is 2.35. The van der Waals surface area contributed by atoms with Gasteiger partial charge in [0.1, 0.15) is 10.8 Å². The summed E-state index contributed by atoms with van der Waals surface area (Å²) >= 11 is 1.78. The lowest BCUT2D eigenvalue weighted by Crippen LogP contribution is -2.13. The van der Waals surface area contributed by atoms with E-state index in [1.165, 1.54) is 0 Å². The number of nitrogens with zero attached hydrogens (tertiary/aromatic N) is 2. The van der Waals surface area contributed by atoms with Gasteiger partial charge in [0.05, 0.1) is 6.10 Å². The fraction of sp³-hybridized carbons (Fsp3) is 0.375. The Balaban J connectivity index is 1.90. The molecule has 1 aliphatic heterocycles. The van der Waals surface area contributed by atoms with E-state index in [1.54, 1.807) is 11.8 Å². The number of hydrogen-bond donors (Lipinski definition) is 1. The third-order valence-electron chi connectivity index (χ3n) is 3.57. The Kier molecular flexibility index (Phi) is 4.41. The molecule has 1 aromatic heterocycles. The zero-order valence-corrected chi connectivity index (χ0v) is 13.1. The first-order valence-electron chi connectivity index (χ1n) is 7.17. The largest absolute Gasteiger partial charge is 0.377 e. The molecule has 21 heavy (non-hydrogen) atoms. The van der Waals surface area contributed by atoms with Crippen LogP contribution in [0.25, 0.3) is 11.4 Å². The molecule has 1 N–H and O–H groups in total. The summed E-state index contributed by atoms with van der Waals surface area (Å²) in [7, 11) is 1.88. The van der Waals surface area contributed by atoms with Crippen LogP contribution < -0.4 is 5.32 Å². The summed E-state index contributed by atoms with van der Waals surface area (Å²) in [4.78, 5) is 9.25. The van der Waals surface area contributed by atoms with Crippen molar-refractivity contribution in [2.24, 2.45) is 0 Å². The number of aromatic nitrogens is 2. The second-order valence-corrected chi connectivity index (χ2v) is 6.31. The monoisotopic (exact) mass is 301 g/mol. The van der Waals surface area contributed by atoms with Crippen LogP contribution in [-0.4, -0.2) is 35.0 Å². The molecule has 1 fully saturated rings. The highest BCUT2D eigenvalue weighted by atomic mass is 32.2. The molecule has 0 spiro atoms. The molecule has 110 valence electrons. The van der Waals surface area contributed by atoms with Crippen molar-refractivity contribution >= 4 is 17.6 Å². The second kappa shape index (κ2) is 6.45. The van der Waals surface area contributed by atoms with Crippen LogP contribution in [0.5, 0.6) is 0 Å². The highest BCUT2D eigenvalue weighted by Gasteiger charge is 2.26. The zero-order chi connectivity index (χ0) is 14.7. The van der Waals surface area contributed by atoms with Crippen molar-refractivity contribution in [1.29, 1.82) is 0 Å². The molecular formula is C16H19N3OS. The van der Waals surface area contributed by atoms with Gasteiger partial charge in [-0.3, -0.25) is 0 Å². The van der Waals surface area contributed by atoms with E-state index in [9.17, 15) is 0 Å². The van der Waals surface area contributed by atoms with E-state index in [1.807, 2.05) is 43.4 Å². The van der Waals surface area contributed by atoms with Crippen LogP contribution in [0.1, 0.15) is 13.3 Å². The number of thioether (sulfide) groups is 1. The zero-order valence-electron chi connectivity index (χ0n) is 12.2. The van der Waals surface area contributed by atoms with E-state index in [0.29, 0.717) is 5.25 Å².